The van der Waals surface area contributed by atoms with Gasteiger partial charge in [0.25, 0.3) is 0 Å². The van der Waals surface area contributed by atoms with Crippen molar-refractivity contribution in [2.45, 2.75) is 6.04 Å². The smallest absolute Gasteiger partial charge is 0.246 e. The van der Waals surface area contributed by atoms with Gasteiger partial charge < -0.3 is 11.1 Å². The Kier molecular flexibility index (Phi) is 3.02. The first kappa shape index (κ1) is 10.8. The van der Waals surface area contributed by atoms with Crippen molar-refractivity contribution in [1.29, 1.82) is 0 Å². The number of rotatable bonds is 3. The molecule has 0 aromatic carbocycles. The van der Waals surface area contributed by atoms with Crippen molar-refractivity contribution in [3.8, 4) is 0 Å². The standard InChI is InChI=1S/C10H12N4OS/c1-14-5-7(4-12-14)9(11)10(15)13-8-2-3-16-6-8/h2-6,9H,11H2,1H3,(H,13,15). The molecule has 2 aromatic heterocycles. The minimum absolute atomic E-state index is 0.230. The maximum Gasteiger partial charge on any atom is 0.246 e. The van der Waals surface area contributed by atoms with Crippen molar-refractivity contribution in [3.63, 3.8) is 0 Å². The number of thiophene rings is 1. The Morgan fingerprint density at radius 1 is 1.69 bits per heavy atom. The quantitative estimate of drug-likeness (QED) is 0.838. The van der Waals surface area contributed by atoms with Crippen LogP contribution in [-0.2, 0) is 11.8 Å². The maximum atomic E-state index is 11.8. The largest absolute Gasteiger partial charge is 0.324 e. The number of amides is 1. The summed E-state index contributed by atoms with van der Waals surface area (Å²) in [5.74, 6) is -0.230. The molecule has 5 nitrogen and oxygen atoms in total. The molecule has 1 atom stereocenters. The zero-order valence-corrected chi connectivity index (χ0v) is 9.57. The highest BCUT2D eigenvalue weighted by Crippen LogP contribution is 2.15. The summed E-state index contributed by atoms with van der Waals surface area (Å²) >= 11 is 1.52. The fourth-order valence-electron chi connectivity index (χ4n) is 1.31. The lowest BCUT2D eigenvalue weighted by atomic mass is 10.1. The molecule has 6 heteroatoms. The van der Waals surface area contributed by atoms with Crippen LogP contribution in [0.5, 0.6) is 0 Å². The number of aromatic nitrogens is 2. The van der Waals surface area contributed by atoms with Gasteiger partial charge in [-0.05, 0) is 11.4 Å². The molecule has 1 unspecified atom stereocenters. The van der Waals surface area contributed by atoms with Gasteiger partial charge in [-0.3, -0.25) is 9.48 Å². The first-order chi connectivity index (χ1) is 7.66. The summed E-state index contributed by atoms with van der Waals surface area (Å²) in [6.07, 6.45) is 3.33. The number of aryl methyl sites for hydroxylation is 1. The van der Waals surface area contributed by atoms with E-state index in [0.29, 0.717) is 5.56 Å². The van der Waals surface area contributed by atoms with Crippen LogP contribution in [0.3, 0.4) is 0 Å². The van der Waals surface area contributed by atoms with Crippen molar-refractivity contribution < 1.29 is 4.79 Å². The molecule has 0 spiro atoms. The van der Waals surface area contributed by atoms with Crippen molar-refractivity contribution in [1.82, 2.24) is 9.78 Å². The number of nitrogens with one attached hydrogen (secondary N) is 1. The van der Waals surface area contributed by atoms with E-state index < -0.39 is 6.04 Å². The van der Waals surface area contributed by atoms with Gasteiger partial charge in [0, 0.05) is 24.2 Å². The summed E-state index contributed by atoms with van der Waals surface area (Å²) in [6, 6.07) is 1.15. The van der Waals surface area contributed by atoms with Crippen LogP contribution in [0.25, 0.3) is 0 Å². The Bertz CT molecular complexity index is 477. The number of carbonyl (C=O) groups excluding carboxylic acids is 1. The molecule has 2 aromatic rings. The van der Waals surface area contributed by atoms with Crippen LogP contribution >= 0.6 is 11.3 Å². The van der Waals surface area contributed by atoms with Crippen LogP contribution in [0.1, 0.15) is 11.6 Å². The Morgan fingerprint density at radius 3 is 3.06 bits per heavy atom. The number of nitrogens with two attached hydrogens (primary N) is 1. The topological polar surface area (TPSA) is 72.9 Å². The third kappa shape index (κ3) is 2.29. The molecule has 0 aliphatic heterocycles. The van der Waals surface area contributed by atoms with Gasteiger partial charge in [-0.15, -0.1) is 0 Å². The second-order valence-corrected chi connectivity index (χ2v) is 4.21. The summed E-state index contributed by atoms with van der Waals surface area (Å²) in [6.45, 7) is 0. The summed E-state index contributed by atoms with van der Waals surface area (Å²) in [4.78, 5) is 11.8. The molecular weight excluding hydrogens is 224 g/mol. The average molecular weight is 236 g/mol. The summed E-state index contributed by atoms with van der Waals surface area (Å²) < 4.78 is 1.62. The van der Waals surface area contributed by atoms with Gasteiger partial charge in [-0.2, -0.15) is 16.4 Å². The van der Waals surface area contributed by atoms with Crippen molar-refractivity contribution in [2.24, 2.45) is 12.8 Å². The lowest BCUT2D eigenvalue weighted by molar-refractivity contribution is -0.117. The van der Waals surface area contributed by atoms with E-state index in [1.54, 1.807) is 24.1 Å². The minimum Gasteiger partial charge on any atom is -0.324 e. The van der Waals surface area contributed by atoms with Crippen molar-refractivity contribution in [3.05, 3.63) is 34.8 Å². The monoisotopic (exact) mass is 236 g/mol. The zero-order valence-electron chi connectivity index (χ0n) is 8.75. The molecule has 3 N–H and O–H groups in total. The van der Waals surface area contributed by atoms with Crippen LogP contribution in [0.15, 0.2) is 29.2 Å². The van der Waals surface area contributed by atoms with Crippen LogP contribution in [0, 0.1) is 0 Å². The fourth-order valence-corrected chi connectivity index (χ4v) is 1.90. The Hall–Kier alpha value is -1.66. The average Bonchev–Trinajstić information content (AvgIpc) is 2.88. The molecule has 2 rings (SSSR count). The second kappa shape index (κ2) is 4.46. The lowest BCUT2D eigenvalue weighted by Crippen LogP contribution is -2.27. The van der Waals surface area contributed by atoms with Crippen molar-refractivity contribution >= 4 is 22.9 Å². The lowest BCUT2D eigenvalue weighted by Gasteiger charge is -2.08. The van der Waals surface area contributed by atoms with Crippen LogP contribution in [0.2, 0.25) is 0 Å². The Morgan fingerprint density at radius 2 is 2.50 bits per heavy atom. The molecule has 0 fully saturated rings. The maximum absolute atomic E-state index is 11.8. The Labute approximate surface area is 96.9 Å². The van der Waals surface area contributed by atoms with Crippen LogP contribution in [-0.4, -0.2) is 15.7 Å². The van der Waals surface area contributed by atoms with Gasteiger partial charge in [0.05, 0.1) is 11.9 Å². The molecule has 0 bridgehead atoms. The molecular formula is C10H12N4OS. The van der Waals surface area contributed by atoms with E-state index in [-0.39, 0.29) is 5.91 Å². The zero-order chi connectivity index (χ0) is 11.5. The van der Waals surface area contributed by atoms with Gasteiger partial charge >= 0.3 is 0 Å². The SMILES string of the molecule is Cn1cc(C(N)C(=O)Nc2ccsc2)cn1. The number of nitrogens with zero attached hydrogens (tertiary/aromatic N) is 2. The normalized spacial score (nSPS) is 12.4. The molecule has 0 saturated heterocycles. The van der Waals surface area contributed by atoms with E-state index in [0.717, 1.165) is 5.69 Å². The van der Waals surface area contributed by atoms with Gasteiger partial charge in [0.2, 0.25) is 5.91 Å². The molecule has 0 radical (unpaired) electrons. The molecule has 0 aliphatic rings. The molecule has 84 valence electrons. The molecule has 2 heterocycles. The van der Waals surface area contributed by atoms with Gasteiger partial charge in [-0.25, -0.2) is 0 Å². The third-order valence-electron chi connectivity index (χ3n) is 2.16. The molecule has 0 aliphatic carbocycles. The Balaban J connectivity index is 2.05. The highest BCUT2D eigenvalue weighted by molar-refractivity contribution is 7.08. The van der Waals surface area contributed by atoms with Crippen LogP contribution in [0.4, 0.5) is 5.69 Å². The van der Waals surface area contributed by atoms with E-state index in [1.165, 1.54) is 11.3 Å². The minimum atomic E-state index is -0.686. The second-order valence-electron chi connectivity index (χ2n) is 3.43. The highest BCUT2D eigenvalue weighted by Gasteiger charge is 2.17. The third-order valence-corrected chi connectivity index (χ3v) is 2.84. The summed E-state index contributed by atoms with van der Waals surface area (Å²) in [5.41, 5.74) is 7.28. The molecule has 16 heavy (non-hydrogen) atoms. The van der Waals surface area contributed by atoms with Crippen molar-refractivity contribution in [2.75, 3.05) is 5.32 Å². The molecule has 1 amide bonds. The van der Waals surface area contributed by atoms with E-state index >= 15 is 0 Å². The number of carbonyl (C=O) groups is 1. The summed E-state index contributed by atoms with van der Waals surface area (Å²) in [5, 5.41) is 10.5. The first-order valence-electron chi connectivity index (χ1n) is 4.74. The van der Waals surface area contributed by atoms with Gasteiger partial charge in [-0.1, -0.05) is 0 Å². The number of hydrogen-bond donors (Lipinski definition) is 2. The van der Waals surface area contributed by atoms with E-state index in [2.05, 4.69) is 10.4 Å². The van der Waals surface area contributed by atoms with Gasteiger partial charge in [0.1, 0.15) is 6.04 Å². The predicted molar refractivity (Wildman–Crippen MR) is 63.1 cm³/mol. The van der Waals surface area contributed by atoms with Crippen LogP contribution < -0.4 is 11.1 Å². The highest BCUT2D eigenvalue weighted by atomic mass is 32.1. The van der Waals surface area contributed by atoms with Gasteiger partial charge in [0.15, 0.2) is 0 Å². The predicted octanol–water partition coefficient (Wildman–Crippen LogP) is 1.12. The number of hydrogen-bond acceptors (Lipinski definition) is 4. The fraction of sp³-hybridized carbons (Fsp3) is 0.200. The molecule has 0 saturated carbocycles. The van der Waals surface area contributed by atoms with E-state index in [4.69, 9.17) is 5.73 Å². The van der Waals surface area contributed by atoms with E-state index in [9.17, 15) is 4.79 Å². The van der Waals surface area contributed by atoms with E-state index in [1.807, 2.05) is 16.8 Å². The number of anilines is 1. The first-order valence-corrected chi connectivity index (χ1v) is 5.68. The summed E-state index contributed by atoms with van der Waals surface area (Å²) in [7, 11) is 1.78.